The first-order chi connectivity index (χ1) is 5.56. The zero-order valence-electron chi connectivity index (χ0n) is 7.16. The lowest BCUT2D eigenvalue weighted by atomic mass is 10.3. The normalized spacial score (nSPS) is 26.3. The SMILES string of the molecule is CCNS(=O)(=O)N1CCC(N)C1. The molecule has 1 atom stereocenters. The highest BCUT2D eigenvalue weighted by Gasteiger charge is 2.28. The molecule has 6 heteroatoms. The van der Waals surface area contributed by atoms with Gasteiger partial charge in [-0.15, -0.1) is 0 Å². The molecular weight excluding hydrogens is 178 g/mol. The maximum Gasteiger partial charge on any atom is 0.279 e. The molecule has 0 saturated carbocycles. The fraction of sp³-hybridized carbons (Fsp3) is 1.00. The van der Waals surface area contributed by atoms with Crippen LogP contribution in [0.5, 0.6) is 0 Å². The van der Waals surface area contributed by atoms with Gasteiger partial charge in [-0.3, -0.25) is 0 Å². The average molecular weight is 193 g/mol. The molecule has 1 aliphatic heterocycles. The van der Waals surface area contributed by atoms with Crippen LogP contribution in [0.3, 0.4) is 0 Å². The van der Waals surface area contributed by atoms with Crippen LogP contribution >= 0.6 is 0 Å². The van der Waals surface area contributed by atoms with Crippen molar-refractivity contribution in [3.05, 3.63) is 0 Å². The van der Waals surface area contributed by atoms with Gasteiger partial charge in [0.25, 0.3) is 10.2 Å². The van der Waals surface area contributed by atoms with Crippen LogP contribution in [0.25, 0.3) is 0 Å². The van der Waals surface area contributed by atoms with Crippen LogP contribution in [0.2, 0.25) is 0 Å². The van der Waals surface area contributed by atoms with E-state index in [0.717, 1.165) is 6.42 Å². The summed E-state index contributed by atoms with van der Waals surface area (Å²) in [5.41, 5.74) is 5.58. The lowest BCUT2D eigenvalue weighted by molar-refractivity contribution is 0.462. The highest BCUT2D eigenvalue weighted by Crippen LogP contribution is 2.10. The molecule has 0 aromatic carbocycles. The van der Waals surface area contributed by atoms with Crippen LogP contribution in [0.15, 0.2) is 0 Å². The lowest BCUT2D eigenvalue weighted by Crippen LogP contribution is -2.40. The van der Waals surface area contributed by atoms with Gasteiger partial charge in [-0.2, -0.15) is 12.7 Å². The largest absolute Gasteiger partial charge is 0.326 e. The predicted molar refractivity (Wildman–Crippen MR) is 46.8 cm³/mol. The number of nitrogens with two attached hydrogens (primary N) is 1. The van der Waals surface area contributed by atoms with Gasteiger partial charge in [0, 0.05) is 25.7 Å². The van der Waals surface area contributed by atoms with Crippen LogP contribution in [0, 0.1) is 0 Å². The van der Waals surface area contributed by atoms with Crippen molar-refractivity contribution in [2.75, 3.05) is 19.6 Å². The highest BCUT2D eigenvalue weighted by molar-refractivity contribution is 7.87. The first-order valence-electron chi connectivity index (χ1n) is 4.06. The first kappa shape index (κ1) is 9.91. The maximum absolute atomic E-state index is 11.3. The van der Waals surface area contributed by atoms with Crippen molar-refractivity contribution in [1.29, 1.82) is 0 Å². The molecule has 1 heterocycles. The summed E-state index contributed by atoms with van der Waals surface area (Å²) in [5, 5.41) is 0. The lowest BCUT2D eigenvalue weighted by Gasteiger charge is -2.15. The van der Waals surface area contributed by atoms with Crippen molar-refractivity contribution in [2.45, 2.75) is 19.4 Å². The Morgan fingerprint density at radius 3 is 2.75 bits per heavy atom. The third-order valence-corrected chi connectivity index (χ3v) is 3.52. The van der Waals surface area contributed by atoms with Gasteiger partial charge >= 0.3 is 0 Å². The fourth-order valence-electron chi connectivity index (χ4n) is 1.25. The Bertz CT molecular complexity index is 239. The monoisotopic (exact) mass is 193 g/mol. The van der Waals surface area contributed by atoms with Gasteiger partial charge in [0.1, 0.15) is 0 Å². The van der Waals surface area contributed by atoms with E-state index < -0.39 is 10.2 Å². The summed E-state index contributed by atoms with van der Waals surface area (Å²) >= 11 is 0. The number of nitrogens with one attached hydrogen (secondary N) is 1. The number of hydrogen-bond acceptors (Lipinski definition) is 3. The van der Waals surface area contributed by atoms with Crippen molar-refractivity contribution >= 4 is 10.2 Å². The maximum atomic E-state index is 11.3. The van der Waals surface area contributed by atoms with E-state index in [4.69, 9.17) is 5.73 Å². The zero-order chi connectivity index (χ0) is 9.19. The summed E-state index contributed by atoms with van der Waals surface area (Å²) in [7, 11) is -3.24. The summed E-state index contributed by atoms with van der Waals surface area (Å²) in [4.78, 5) is 0. The molecule has 72 valence electrons. The molecule has 1 unspecified atom stereocenters. The van der Waals surface area contributed by atoms with E-state index in [1.54, 1.807) is 6.92 Å². The molecule has 0 spiro atoms. The number of nitrogens with zero attached hydrogens (tertiary/aromatic N) is 1. The third kappa shape index (κ3) is 2.16. The van der Waals surface area contributed by atoms with E-state index in [9.17, 15) is 8.42 Å². The minimum Gasteiger partial charge on any atom is -0.326 e. The van der Waals surface area contributed by atoms with Gasteiger partial charge in [-0.1, -0.05) is 6.92 Å². The Morgan fingerprint density at radius 2 is 2.33 bits per heavy atom. The summed E-state index contributed by atoms with van der Waals surface area (Å²) in [5.74, 6) is 0. The van der Waals surface area contributed by atoms with E-state index in [1.165, 1.54) is 4.31 Å². The van der Waals surface area contributed by atoms with Crippen molar-refractivity contribution in [3.8, 4) is 0 Å². The molecule has 0 aromatic rings. The highest BCUT2D eigenvalue weighted by atomic mass is 32.2. The van der Waals surface area contributed by atoms with Crippen LogP contribution < -0.4 is 10.5 Å². The van der Waals surface area contributed by atoms with Crippen molar-refractivity contribution in [2.24, 2.45) is 5.73 Å². The third-order valence-electron chi connectivity index (χ3n) is 1.85. The van der Waals surface area contributed by atoms with E-state index in [1.807, 2.05) is 0 Å². The van der Waals surface area contributed by atoms with Crippen LogP contribution in [-0.4, -0.2) is 38.4 Å². The van der Waals surface area contributed by atoms with Gasteiger partial charge in [0.2, 0.25) is 0 Å². The molecule has 0 radical (unpaired) electrons. The van der Waals surface area contributed by atoms with Crippen LogP contribution in [-0.2, 0) is 10.2 Å². The minimum absolute atomic E-state index is 0.00145. The second-order valence-corrected chi connectivity index (χ2v) is 4.66. The molecule has 1 aliphatic rings. The molecule has 1 rings (SSSR count). The molecule has 5 nitrogen and oxygen atoms in total. The summed E-state index contributed by atoms with van der Waals surface area (Å²) < 4.78 is 26.5. The molecule has 3 N–H and O–H groups in total. The molecule has 1 saturated heterocycles. The topological polar surface area (TPSA) is 75.4 Å². The van der Waals surface area contributed by atoms with Crippen LogP contribution in [0.1, 0.15) is 13.3 Å². The van der Waals surface area contributed by atoms with Gasteiger partial charge in [-0.25, -0.2) is 4.72 Å². The minimum atomic E-state index is -3.24. The first-order valence-corrected chi connectivity index (χ1v) is 5.50. The molecule has 1 fully saturated rings. The number of rotatable bonds is 3. The molecule has 0 amide bonds. The summed E-state index contributed by atoms with van der Waals surface area (Å²) in [6.07, 6.45) is 0.755. The van der Waals surface area contributed by atoms with Crippen molar-refractivity contribution < 1.29 is 8.42 Å². The number of hydrogen-bond donors (Lipinski definition) is 2. The Kier molecular flexibility index (Phi) is 3.05. The zero-order valence-corrected chi connectivity index (χ0v) is 7.97. The quantitative estimate of drug-likeness (QED) is 0.596. The van der Waals surface area contributed by atoms with Crippen LogP contribution in [0.4, 0.5) is 0 Å². The molecule has 12 heavy (non-hydrogen) atoms. The summed E-state index contributed by atoms with van der Waals surface area (Å²) in [6.45, 7) is 3.16. The standard InChI is InChI=1S/C6H15N3O2S/c1-2-8-12(10,11)9-4-3-6(7)5-9/h6,8H,2-5,7H2,1H3. The Labute approximate surface area is 73.1 Å². The Morgan fingerprint density at radius 1 is 1.67 bits per heavy atom. The smallest absolute Gasteiger partial charge is 0.279 e. The molecule has 0 bridgehead atoms. The molecule has 0 aromatic heterocycles. The predicted octanol–water partition coefficient (Wildman–Crippen LogP) is -1.13. The fourth-order valence-corrected chi connectivity index (χ4v) is 2.53. The van der Waals surface area contributed by atoms with E-state index in [0.29, 0.717) is 19.6 Å². The van der Waals surface area contributed by atoms with Crippen molar-refractivity contribution in [3.63, 3.8) is 0 Å². The van der Waals surface area contributed by atoms with E-state index >= 15 is 0 Å². The van der Waals surface area contributed by atoms with Gasteiger partial charge in [0.05, 0.1) is 0 Å². The molecular formula is C6H15N3O2S. The van der Waals surface area contributed by atoms with Gasteiger partial charge < -0.3 is 5.73 Å². The van der Waals surface area contributed by atoms with Gasteiger partial charge in [0.15, 0.2) is 0 Å². The Balaban J connectivity index is 2.58. The second-order valence-electron chi connectivity index (χ2n) is 2.91. The summed E-state index contributed by atoms with van der Waals surface area (Å²) in [6, 6.07) is -0.00145. The van der Waals surface area contributed by atoms with Gasteiger partial charge in [-0.05, 0) is 6.42 Å². The van der Waals surface area contributed by atoms with Crippen molar-refractivity contribution in [1.82, 2.24) is 9.03 Å². The second kappa shape index (κ2) is 3.69. The average Bonchev–Trinajstić information content (AvgIpc) is 2.36. The van der Waals surface area contributed by atoms with E-state index in [-0.39, 0.29) is 6.04 Å². The molecule has 0 aliphatic carbocycles. The Hall–Kier alpha value is -0.170. The van der Waals surface area contributed by atoms with E-state index in [2.05, 4.69) is 4.72 Å².